The highest BCUT2D eigenvalue weighted by atomic mass is 16.4. The summed E-state index contributed by atoms with van der Waals surface area (Å²) in [5.41, 5.74) is 1.59. The number of pyridine rings is 1. The molecule has 0 aliphatic carbocycles. The number of carbonyl (C=O) groups is 2. The number of nitrogens with one attached hydrogen (secondary N) is 1. The van der Waals surface area contributed by atoms with Crippen molar-refractivity contribution in [2.24, 2.45) is 0 Å². The smallest absolute Gasteiger partial charge is 0.303 e. The lowest BCUT2D eigenvalue weighted by atomic mass is 10.2. The van der Waals surface area contributed by atoms with E-state index in [-0.39, 0.29) is 12.3 Å². The van der Waals surface area contributed by atoms with Crippen molar-refractivity contribution in [3.05, 3.63) is 42.2 Å². The number of rotatable bonds is 6. The second-order valence-electron chi connectivity index (χ2n) is 4.37. The molecule has 0 fully saturated rings. The van der Waals surface area contributed by atoms with Crippen LogP contribution in [-0.2, 0) is 4.79 Å². The fourth-order valence-electron chi connectivity index (χ4n) is 1.88. The fraction of sp³-hybridized carbons (Fsp3) is 0.286. The monoisotopic (exact) mass is 260 g/mol. The number of carboxylic acids is 1. The van der Waals surface area contributed by atoms with Crippen molar-refractivity contribution < 1.29 is 14.7 Å². The molecule has 2 N–H and O–H groups in total. The Labute approximate surface area is 110 Å². The number of fused-ring (bicyclic) bond motifs is 1. The van der Waals surface area contributed by atoms with Crippen LogP contribution in [0.1, 0.15) is 29.6 Å². The van der Waals surface area contributed by atoms with Crippen LogP contribution < -0.4 is 5.32 Å². The Bertz CT molecular complexity index is 556. The molecule has 0 aromatic carbocycles. The zero-order valence-electron chi connectivity index (χ0n) is 10.5. The van der Waals surface area contributed by atoms with Gasteiger partial charge in [-0.25, -0.2) is 0 Å². The van der Waals surface area contributed by atoms with Crippen molar-refractivity contribution in [3.63, 3.8) is 0 Å². The first-order chi connectivity index (χ1) is 9.16. The Balaban J connectivity index is 1.84. The minimum absolute atomic E-state index is 0.126. The van der Waals surface area contributed by atoms with Crippen LogP contribution in [0.2, 0.25) is 0 Å². The Morgan fingerprint density at radius 3 is 2.84 bits per heavy atom. The molecular weight excluding hydrogens is 244 g/mol. The number of aliphatic carboxylic acids is 1. The first-order valence-electron chi connectivity index (χ1n) is 6.23. The highest BCUT2D eigenvalue weighted by Crippen LogP contribution is 2.09. The number of aromatic nitrogens is 1. The van der Waals surface area contributed by atoms with Gasteiger partial charge in [-0.2, -0.15) is 0 Å². The first kappa shape index (κ1) is 13.1. The molecule has 2 aromatic heterocycles. The van der Waals surface area contributed by atoms with Crippen LogP contribution in [0.5, 0.6) is 0 Å². The molecule has 0 atom stereocenters. The predicted molar refractivity (Wildman–Crippen MR) is 71.2 cm³/mol. The van der Waals surface area contributed by atoms with Crippen molar-refractivity contribution in [2.45, 2.75) is 19.3 Å². The SMILES string of the molecule is O=C(O)CCCCNC(=O)c1cc2ccccn2c1. The van der Waals surface area contributed by atoms with Crippen LogP contribution in [0.15, 0.2) is 36.7 Å². The molecule has 5 nitrogen and oxygen atoms in total. The second-order valence-corrected chi connectivity index (χ2v) is 4.37. The average Bonchev–Trinajstić information content (AvgIpc) is 2.81. The zero-order chi connectivity index (χ0) is 13.7. The third-order valence-electron chi connectivity index (χ3n) is 2.87. The number of carboxylic acid groups (broad SMARTS) is 1. The van der Waals surface area contributed by atoms with Crippen LogP contribution in [-0.4, -0.2) is 27.9 Å². The molecular formula is C14H16N2O3. The van der Waals surface area contributed by atoms with Crippen LogP contribution in [0, 0.1) is 0 Å². The number of amides is 1. The van der Waals surface area contributed by atoms with Gasteiger partial charge in [0.1, 0.15) is 0 Å². The van der Waals surface area contributed by atoms with E-state index in [1.54, 1.807) is 6.20 Å². The van der Waals surface area contributed by atoms with Gasteiger partial charge in [0.05, 0.1) is 5.56 Å². The summed E-state index contributed by atoms with van der Waals surface area (Å²) in [6, 6.07) is 7.58. The predicted octanol–water partition coefficient (Wildman–Crippen LogP) is 1.92. The molecule has 19 heavy (non-hydrogen) atoms. The topological polar surface area (TPSA) is 70.8 Å². The number of hydrogen-bond donors (Lipinski definition) is 2. The van der Waals surface area contributed by atoms with E-state index in [0.29, 0.717) is 24.9 Å². The Morgan fingerprint density at radius 1 is 1.26 bits per heavy atom. The fourth-order valence-corrected chi connectivity index (χ4v) is 1.88. The number of hydrogen-bond acceptors (Lipinski definition) is 2. The molecule has 2 rings (SSSR count). The lowest BCUT2D eigenvalue weighted by Gasteiger charge is -2.02. The molecule has 2 aromatic rings. The molecule has 0 aliphatic rings. The third kappa shape index (κ3) is 3.58. The van der Waals surface area contributed by atoms with E-state index < -0.39 is 5.97 Å². The molecule has 0 bridgehead atoms. The lowest BCUT2D eigenvalue weighted by molar-refractivity contribution is -0.137. The van der Waals surface area contributed by atoms with Crippen molar-refractivity contribution in [1.29, 1.82) is 0 Å². The minimum atomic E-state index is -0.801. The molecule has 5 heteroatoms. The maximum absolute atomic E-state index is 11.9. The van der Waals surface area contributed by atoms with Gasteiger partial charge in [0.2, 0.25) is 0 Å². The van der Waals surface area contributed by atoms with Gasteiger partial charge >= 0.3 is 5.97 Å². The van der Waals surface area contributed by atoms with Crippen LogP contribution in [0.25, 0.3) is 5.52 Å². The van der Waals surface area contributed by atoms with Gasteiger partial charge in [0, 0.05) is 30.9 Å². The molecule has 2 heterocycles. The maximum atomic E-state index is 11.9. The van der Waals surface area contributed by atoms with Crippen LogP contribution in [0.3, 0.4) is 0 Å². The molecule has 0 saturated carbocycles. The number of carbonyl (C=O) groups excluding carboxylic acids is 1. The van der Waals surface area contributed by atoms with E-state index in [1.165, 1.54) is 0 Å². The van der Waals surface area contributed by atoms with Crippen molar-refractivity contribution in [1.82, 2.24) is 9.72 Å². The molecule has 0 spiro atoms. The summed E-state index contributed by atoms with van der Waals surface area (Å²) in [4.78, 5) is 22.2. The maximum Gasteiger partial charge on any atom is 0.303 e. The van der Waals surface area contributed by atoms with E-state index in [4.69, 9.17) is 5.11 Å². The third-order valence-corrected chi connectivity index (χ3v) is 2.87. The van der Waals surface area contributed by atoms with Gasteiger partial charge in [-0.3, -0.25) is 9.59 Å². The molecule has 0 radical (unpaired) electrons. The van der Waals surface area contributed by atoms with E-state index in [0.717, 1.165) is 5.52 Å². The first-order valence-corrected chi connectivity index (χ1v) is 6.23. The molecule has 100 valence electrons. The van der Waals surface area contributed by atoms with Gasteiger partial charge in [0.15, 0.2) is 0 Å². The average molecular weight is 260 g/mol. The van der Waals surface area contributed by atoms with Crippen molar-refractivity contribution >= 4 is 17.4 Å². The lowest BCUT2D eigenvalue weighted by Crippen LogP contribution is -2.24. The van der Waals surface area contributed by atoms with Crippen LogP contribution >= 0.6 is 0 Å². The standard InChI is InChI=1S/C14H16N2O3/c17-13(18)6-1-3-7-15-14(19)11-9-12-5-2-4-8-16(12)10-11/h2,4-5,8-10H,1,3,6-7H2,(H,15,19)(H,17,18). The summed E-state index contributed by atoms with van der Waals surface area (Å²) in [6.07, 6.45) is 5.06. The summed E-state index contributed by atoms with van der Waals surface area (Å²) in [6.45, 7) is 0.498. The van der Waals surface area contributed by atoms with E-state index in [1.807, 2.05) is 34.9 Å². The van der Waals surface area contributed by atoms with Crippen LogP contribution in [0.4, 0.5) is 0 Å². The van der Waals surface area contributed by atoms with E-state index in [9.17, 15) is 9.59 Å². The zero-order valence-corrected chi connectivity index (χ0v) is 10.5. The van der Waals surface area contributed by atoms with Gasteiger partial charge in [-0.1, -0.05) is 6.07 Å². The highest BCUT2D eigenvalue weighted by Gasteiger charge is 2.07. The molecule has 0 unspecified atom stereocenters. The Morgan fingerprint density at radius 2 is 2.11 bits per heavy atom. The second kappa shape index (κ2) is 6.04. The summed E-state index contributed by atoms with van der Waals surface area (Å²) >= 11 is 0. The summed E-state index contributed by atoms with van der Waals surface area (Å²) < 4.78 is 1.89. The summed E-state index contributed by atoms with van der Waals surface area (Å²) in [5, 5.41) is 11.3. The number of unbranched alkanes of at least 4 members (excludes halogenated alkanes) is 1. The molecule has 0 aliphatic heterocycles. The van der Waals surface area contributed by atoms with Gasteiger partial charge < -0.3 is 14.8 Å². The Hall–Kier alpha value is -2.30. The minimum Gasteiger partial charge on any atom is -0.481 e. The summed E-state index contributed by atoms with van der Waals surface area (Å²) in [5.74, 6) is -0.927. The van der Waals surface area contributed by atoms with E-state index >= 15 is 0 Å². The number of nitrogens with zero attached hydrogens (tertiary/aromatic N) is 1. The van der Waals surface area contributed by atoms with Crippen molar-refractivity contribution in [2.75, 3.05) is 6.54 Å². The Kier molecular flexibility index (Phi) is 4.18. The quantitative estimate of drug-likeness (QED) is 0.779. The van der Waals surface area contributed by atoms with Gasteiger partial charge in [-0.05, 0) is 31.0 Å². The van der Waals surface area contributed by atoms with Crippen molar-refractivity contribution in [3.8, 4) is 0 Å². The van der Waals surface area contributed by atoms with E-state index in [2.05, 4.69) is 5.32 Å². The van der Waals surface area contributed by atoms with Gasteiger partial charge in [-0.15, -0.1) is 0 Å². The van der Waals surface area contributed by atoms with Gasteiger partial charge in [0.25, 0.3) is 5.91 Å². The molecule has 0 saturated heterocycles. The summed E-state index contributed by atoms with van der Waals surface area (Å²) in [7, 11) is 0. The highest BCUT2D eigenvalue weighted by molar-refractivity contribution is 5.95. The largest absolute Gasteiger partial charge is 0.481 e. The molecule has 1 amide bonds. The normalized spacial score (nSPS) is 10.5.